The SMILES string of the molecule is COc1nn(C)c(=O)n1-c1c(C)cccc1CBr. The van der Waals surface area contributed by atoms with Crippen LogP contribution in [-0.4, -0.2) is 21.5 Å². The molecule has 0 atom stereocenters. The van der Waals surface area contributed by atoms with Gasteiger partial charge in [0.15, 0.2) is 0 Å². The molecule has 0 aliphatic heterocycles. The first-order valence-corrected chi connectivity index (χ1v) is 6.57. The molecule has 18 heavy (non-hydrogen) atoms. The Labute approximate surface area is 113 Å². The number of nitrogens with zero attached hydrogens (tertiary/aromatic N) is 3. The fourth-order valence-electron chi connectivity index (χ4n) is 1.91. The normalized spacial score (nSPS) is 10.7. The van der Waals surface area contributed by atoms with E-state index >= 15 is 0 Å². The zero-order chi connectivity index (χ0) is 13.3. The van der Waals surface area contributed by atoms with Crippen LogP contribution in [0.25, 0.3) is 5.69 Å². The van der Waals surface area contributed by atoms with Crippen LogP contribution in [0.1, 0.15) is 11.1 Å². The molecule has 0 unspecified atom stereocenters. The summed E-state index contributed by atoms with van der Waals surface area (Å²) < 4.78 is 7.93. The first-order chi connectivity index (χ1) is 8.60. The van der Waals surface area contributed by atoms with Gasteiger partial charge in [-0.15, -0.1) is 5.10 Å². The Kier molecular flexibility index (Phi) is 3.56. The van der Waals surface area contributed by atoms with Crippen LogP contribution >= 0.6 is 15.9 Å². The number of benzene rings is 1. The number of ether oxygens (including phenoxy) is 1. The summed E-state index contributed by atoms with van der Waals surface area (Å²) in [7, 11) is 3.11. The summed E-state index contributed by atoms with van der Waals surface area (Å²) in [6.45, 7) is 1.96. The second-order valence-corrected chi connectivity index (χ2v) is 4.51. The lowest BCUT2D eigenvalue weighted by molar-refractivity contribution is 0.368. The maximum absolute atomic E-state index is 12.1. The van der Waals surface area contributed by atoms with E-state index in [1.807, 2.05) is 25.1 Å². The van der Waals surface area contributed by atoms with Crippen molar-refractivity contribution < 1.29 is 4.74 Å². The third-order valence-corrected chi connectivity index (χ3v) is 3.37. The molecule has 2 aromatic rings. The van der Waals surface area contributed by atoms with Gasteiger partial charge in [0.2, 0.25) is 0 Å². The van der Waals surface area contributed by atoms with E-state index < -0.39 is 0 Å². The van der Waals surface area contributed by atoms with Gasteiger partial charge in [0.25, 0.3) is 0 Å². The predicted octanol–water partition coefficient (Wildman–Crippen LogP) is 1.78. The van der Waals surface area contributed by atoms with Crippen molar-refractivity contribution in [1.82, 2.24) is 14.3 Å². The Balaban J connectivity index is 2.80. The topological polar surface area (TPSA) is 49.1 Å². The van der Waals surface area contributed by atoms with Gasteiger partial charge in [-0.3, -0.25) is 0 Å². The predicted molar refractivity (Wildman–Crippen MR) is 72.7 cm³/mol. The lowest BCUT2D eigenvalue weighted by Crippen LogP contribution is -2.23. The minimum atomic E-state index is -0.219. The lowest BCUT2D eigenvalue weighted by atomic mass is 10.1. The van der Waals surface area contributed by atoms with Crippen LogP contribution in [0.3, 0.4) is 0 Å². The van der Waals surface area contributed by atoms with Crippen molar-refractivity contribution in [3.8, 4) is 11.7 Å². The molecule has 0 aliphatic carbocycles. The number of para-hydroxylation sites is 1. The Morgan fingerprint density at radius 3 is 2.78 bits per heavy atom. The maximum atomic E-state index is 12.1. The molecule has 0 amide bonds. The molecular weight excluding hydrogens is 298 g/mol. The molecule has 0 saturated heterocycles. The molecule has 0 aliphatic rings. The quantitative estimate of drug-likeness (QED) is 0.812. The summed E-state index contributed by atoms with van der Waals surface area (Å²) in [5.74, 6) is 0. The van der Waals surface area contributed by atoms with Crippen LogP contribution in [0.2, 0.25) is 0 Å². The van der Waals surface area contributed by atoms with Crippen LogP contribution in [0.4, 0.5) is 0 Å². The minimum absolute atomic E-state index is 0.219. The second-order valence-electron chi connectivity index (χ2n) is 3.94. The summed E-state index contributed by atoms with van der Waals surface area (Å²) in [6.07, 6.45) is 0. The molecular formula is C12H14BrN3O2. The summed E-state index contributed by atoms with van der Waals surface area (Å²) in [5, 5.41) is 4.71. The molecule has 0 fully saturated rings. The van der Waals surface area contributed by atoms with Crippen molar-refractivity contribution in [3.05, 3.63) is 39.8 Å². The highest BCUT2D eigenvalue weighted by Gasteiger charge is 2.17. The van der Waals surface area contributed by atoms with Crippen LogP contribution in [-0.2, 0) is 12.4 Å². The van der Waals surface area contributed by atoms with Gasteiger partial charge in [-0.25, -0.2) is 14.0 Å². The summed E-state index contributed by atoms with van der Waals surface area (Å²) in [6, 6.07) is 6.18. The Morgan fingerprint density at radius 1 is 1.44 bits per heavy atom. The average molecular weight is 312 g/mol. The van der Waals surface area contributed by atoms with Crippen molar-refractivity contribution in [2.24, 2.45) is 7.05 Å². The number of aryl methyl sites for hydroxylation is 2. The van der Waals surface area contributed by atoms with E-state index in [0.717, 1.165) is 16.8 Å². The van der Waals surface area contributed by atoms with Crippen molar-refractivity contribution >= 4 is 15.9 Å². The van der Waals surface area contributed by atoms with E-state index in [4.69, 9.17) is 4.74 Å². The molecule has 96 valence electrons. The summed E-state index contributed by atoms with van der Waals surface area (Å²) >= 11 is 3.43. The number of rotatable bonds is 3. The number of alkyl halides is 1. The van der Waals surface area contributed by atoms with Gasteiger partial charge < -0.3 is 4.74 Å². The average Bonchev–Trinajstić information content (AvgIpc) is 2.65. The maximum Gasteiger partial charge on any atom is 0.353 e. The summed E-state index contributed by atoms with van der Waals surface area (Å²) in [5.41, 5.74) is 2.62. The molecule has 1 aromatic carbocycles. The lowest BCUT2D eigenvalue weighted by Gasteiger charge is -2.11. The number of methoxy groups -OCH3 is 1. The van der Waals surface area contributed by atoms with E-state index in [1.165, 1.54) is 16.4 Å². The third kappa shape index (κ3) is 1.96. The summed E-state index contributed by atoms with van der Waals surface area (Å²) in [4.78, 5) is 12.1. The number of hydrogen-bond donors (Lipinski definition) is 0. The largest absolute Gasteiger partial charge is 0.467 e. The number of hydrogen-bond acceptors (Lipinski definition) is 3. The van der Waals surface area contributed by atoms with Gasteiger partial charge in [0.1, 0.15) is 0 Å². The molecule has 6 heteroatoms. The van der Waals surface area contributed by atoms with Crippen molar-refractivity contribution in [2.75, 3.05) is 7.11 Å². The fourth-order valence-corrected chi connectivity index (χ4v) is 2.37. The molecule has 0 bridgehead atoms. The van der Waals surface area contributed by atoms with Crippen LogP contribution in [0, 0.1) is 6.92 Å². The molecule has 5 nitrogen and oxygen atoms in total. The molecule has 2 rings (SSSR count). The molecule has 0 radical (unpaired) electrons. The van der Waals surface area contributed by atoms with E-state index in [2.05, 4.69) is 21.0 Å². The molecule has 0 saturated carbocycles. The van der Waals surface area contributed by atoms with E-state index in [-0.39, 0.29) is 5.69 Å². The first kappa shape index (κ1) is 12.9. The monoisotopic (exact) mass is 311 g/mol. The van der Waals surface area contributed by atoms with E-state index in [0.29, 0.717) is 11.3 Å². The van der Waals surface area contributed by atoms with Crippen LogP contribution < -0.4 is 10.4 Å². The highest BCUT2D eigenvalue weighted by Crippen LogP contribution is 2.23. The molecule has 1 aromatic heterocycles. The zero-order valence-corrected chi connectivity index (χ0v) is 12.1. The van der Waals surface area contributed by atoms with Gasteiger partial charge in [-0.2, -0.15) is 0 Å². The second kappa shape index (κ2) is 4.97. The number of halogens is 1. The Hall–Kier alpha value is -1.56. The Morgan fingerprint density at radius 2 is 2.17 bits per heavy atom. The number of aromatic nitrogens is 3. The zero-order valence-electron chi connectivity index (χ0n) is 10.5. The fraction of sp³-hybridized carbons (Fsp3) is 0.333. The highest BCUT2D eigenvalue weighted by molar-refractivity contribution is 9.08. The van der Waals surface area contributed by atoms with E-state index in [1.54, 1.807) is 7.05 Å². The smallest absolute Gasteiger partial charge is 0.353 e. The van der Waals surface area contributed by atoms with Crippen molar-refractivity contribution in [1.29, 1.82) is 0 Å². The Bertz CT molecular complexity index is 631. The minimum Gasteiger partial charge on any atom is -0.467 e. The molecule has 0 N–H and O–H groups in total. The van der Waals surface area contributed by atoms with Gasteiger partial charge in [0, 0.05) is 12.4 Å². The highest BCUT2D eigenvalue weighted by atomic mass is 79.9. The van der Waals surface area contributed by atoms with Crippen molar-refractivity contribution in [3.63, 3.8) is 0 Å². The van der Waals surface area contributed by atoms with Gasteiger partial charge in [-0.05, 0) is 18.1 Å². The molecule has 1 heterocycles. The first-order valence-electron chi connectivity index (χ1n) is 5.45. The van der Waals surface area contributed by atoms with Gasteiger partial charge in [-0.1, -0.05) is 34.1 Å². The van der Waals surface area contributed by atoms with E-state index in [9.17, 15) is 4.79 Å². The third-order valence-electron chi connectivity index (χ3n) is 2.77. The van der Waals surface area contributed by atoms with Crippen molar-refractivity contribution in [2.45, 2.75) is 12.3 Å². The van der Waals surface area contributed by atoms with Crippen LogP contribution in [0.5, 0.6) is 6.01 Å². The molecule has 0 spiro atoms. The van der Waals surface area contributed by atoms with Crippen LogP contribution in [0.15, 0.2) is 23.0 Å². The van der Waals surface area contributed by atoms with Gasteiger partial charge >= 0.3 is 11.7 Å². The van der Waals surface area contributed by atoms with Gasteiger partial charge in [0.05, 0.1) is 12.8 Å². The standard InChI is InChI=1S/C12H14BrN3O2/c1-8-5-4-6-9(7-13)10(8)16-11(18-3)14-15(2)12(16)17/h4-6H,7H2,1-3H3.